The number of phenols is 1. The van der Waals surface area contributed by atoms with Crippen LogP contribution in [0.1, 0.15) is 36.8 Å². The van der Waals surface area contributed by atoms with Gasteiger partial charge in [0.25, 0.3) is 0 Å². The Kier molecular flexibility index (Phi) is 6.67. The van der Waals surface area contributed by atoms with Crippen molar-refractivity contribution in [3.8, 4) is 5.75 Å². The van der Waals surface area contributed by atoms with Gasteiger partial charge in [0.15, 0.2) is 0 Å². The van der Waals surface area contributed by atoms with Crippen LogP contribution < -0.4 is 4.90 Å². The van der Waals surface area contributed by atoms with E-state index in [1.54, 1.807) is 19.1 Å². The van der Waals surface area contributed by atoms with Crippen LogP contribution >= 0.6 is 11.6 Å². The lowest BCUT2D eigenvalue weighted by Gasteiger charge is -2.49. The highest BCUT2D eigenvalue weighted by atomic mass is 35.5. The SMILES string of the molecule is C[C@@]12C(=O)N(c3ccc(F)c(Cl)c3)C(=O)[C@@H]1C[C@@H]1C(=CC[C@@H]3C(=O)N(Cc4ccccc4)C(=O)[C@@H]31)[C@@H]2c1c(O)ccc2ccccc12. The summed E-state index contributed by atoms with van der Waals surface area (Å²) in [6.45, 7) is 1.90. The third-order valence-corrected chi connectivity index (χ3v) is 11.2. The van der Waals surface area contributed by atoms with E-state index >= 15 is 0 Å². The zero-order chi connectivity index (χ0) is 32.8. The molecule has 2 aliphatic heterocycles. The molecule has 0 unspecified atom stereocenters. The lowest BCUT2D eigenvalue weighted by Crippen LogP contribution is -2.49. The highest BCUT2D eigenvalue weighted by Gasteiger charge is 2.68. The summed E-state index contributed by atoms with van der Waals surface area (Å²) < 4.78 is 14.2. The molecule has 1 N–H and O–H groups in total. The minimum absolute atomic E-state index is 0.0274. The smallest absolute Gasteiger partial charge is 0.241 e. The Hall–Kier alpha value is -4.82. The van der Waals surface area contributed by atoms with Gasteiger partial charge in [0.1, 0.15) is 11.6 Å². The molecule has 8 rings (SSSR count). The highest BCUT2D eigenvalue weighted by Crippen LogP contribution is 2.65. The van der Waals surface area contributed by atoms with Crippen molar-refractivity contribution in [3.63, 3.8) is 0 Å². The monoisotopic (exact) mass is 648 g/mol. The first-order valence-corrected chi connectivity index (χ1v) is 16.1. The van der Waals surface area contributed by atoms with Crippen LogP contribution in [0.15, 0.2) is 96.6 Å². The molecule has 9 heteroatoms. The van der Waals surface area contributed by atoms with Crippen molar-refractivity contribution < 1.29 is 28.7 Å². The van der Waals surface area contributed by atoms with Gasteiger partial charge in [0.05, 0.1) is 40.4 Å². The first-order chi connectivity index (χ1) is 22.6. The number of amides is 4. The van der Waals surface area contributed by atoms with Gasteiger partial charge in [-0.25, -0.2) is 9.29 Å². The van der Waals surface area contributed by atoms with Crippen molar-refractivity contribution >= 4 is 51.7 Å². The van der Waals surface area contributed by atoms with E-state index in [-0.39, 0.29) is 41.2 Å². The van der Waals surface area contributed by atoms with E-state index in [0.29, 0.717) is 12.0 Å². The van der Waals surface area contributed by atoms with Gasteiger partial charge in [-0.2, -0.15) is 0 Å². The number of halogens is 2. The van der Waals surface area contributed by atoms with Crippen LogP contribution in [0.2, 0.25) is 5.02 Å². The van der Waals surface area contributed by atoms with Crippen molar-refractivity contribution in [2.45, 2.75) is 32.2 Å². The summed E-state index contributed by atoms with van der Waals surface area (Å²) >= 11 is 6.11. The topological polar surface area (TPSA) is 95.0 Å². The number of benzene rings is 4. The fourth-order valence-electron chi connectivity index (χ4n) is 8.77. The van der Waals surface area contributed by atoms with Gasteiger partial charge in [-0.15, -0.1) is 0 Å². The lowest BCUT2D eigenvalue weighted by atomic mass is 9.51. The van der Waals surface area contributed by atoms with Gasteiger partial charge < -0.3 is 5.11 Å². The highest BCUT2D eigenvalue weighted by molar-refractivity contribution is 6.31. The predicted molar refractivity (Wildman–Crippen MR) is 174 cm³/mol. The molecule has 3 fully saturated rings. The molecule has 2 aliphatic carbocycles. The van der Waals surface area contributed by atoms with Crippen LogP contribution in [0.3, 0.4) is 0 Å². The molecule has 6 atom stereocenters. The molecule has 0 aromatic heterocycles. The normalized spacial score (nSPS) is 28.4. The van der Waals surface area contributed by atoms with Gasteiger partial charge in [-0.1, -0.05) is 83.9 Å². The quantitative estimate of drug-likeness (QED) is 0.195. The lowest BCUT2D eigenvalue weighted by molar-refractivity contribution is -0.141. The van der Waals surface area contributed by atoms with Crippen molar-refractivity contribution in [2.24, 2.45) is 29.1 Å². The van der Waals surface area contributed by atoms with Gasteiger partial charge in [-0.3, -0.25) is 24.1 Å². The molecule has 4 aromatic rings. The minimum atomic E-state index is -1.37. The Morgan fingerprint density at radius 1 is 0.894 bits per heavy atom. The Morgan fingerprint density at radius 3 is 2.40 bits per heavy atom. The number of rotatable bonds is 4. The van der Waals surface area contributed by atoms with Crippen molar-refractivity contribution in [2.75, 3.05) is 4.90 Å². The number of imide groups is 2. The summed E-state index contributed by atoms with van der Waals surface area (Å²) in [4.78, 5) is 59.5. The van der Waals surface area contributed by atoms with Crippen LogP contribution in [0, 0.1) is 34.9 Å². The number of likely N-dealkylation sites (tertiary alicyclic amines) is 1. The fraction of sp³-hybridized carbons (Fsp3) is 0.263. The van der Waals surface area contributed by atoms with E-state index < -0.39 is 52.6 Å². The Labute approximate surface area is 275 Å². The molecule has 47 heavy (non-hydrogen) atoms. The maximum Gasteiger partial charge on any atom is 0.241 e. The molecule has 1 saturated carbocycles. The molecule has 4 aliphatic rings. The molecule has 0 radical (unpaired) electrons. The van der Waals surface area contributed by atoms with E-state index in [4.69, 9.17) is 11.6 Å². The van der Waals surface area contributed by atoms with E-state index in [0.717, 1.165) is 32.9 Å². The third-order valence-electron chi connectivity index (χ3n) is 10.9. The van der Waals surface area contributed by atoms with Crippen LogP contribution in [0.5, 0.6) is 5.75 Å². The summed E-state index contributed by atoms with van der Waals surface area (Å²) in [5.74, 6) is -5.73. The molecule has 2 saturated heterocycles. The van der Waals surface area contributed by atoms with Crippen LogP contribution in [-0.4, -0.2) is 33.6 Å². The van der Waals surface area contributed by atoms with E-state index in [9.17, 15) is 28.7 Å². The first-order valence-electron chi connectivity index (χ1n) is 15.7. The zero-order valence-corrected chi connectivity index (χ0v) is 26.2. The van der Waals surface area contributed by atoms with Crippen molar-refractivity contribution in [1.29, 1.82) is 0 Å². The predicted octanol–water partition coefficient (Wildman–Crippen LogP) is 6.77. The van der Waals surface area contributed by atoms with Gasteiger partial charge >= 0.3 is 0 Å². The number of anilines is 1. The second kappa shape index (κ2) is 10.6. The third kappa shape index (κ3) is 4.17. The molecule has 236 valence electrons. The summed E-state index contributed by atoms with van der Waals surface area (Å²) in [6, 6.07) is 24.0. The average Bonchev–Trinajstić information content (AvgIpc) is 3.42. The number of hydrogen-bond acceptors (Lipinski definition) is 5. The second-order valence-electron chi connectivity index (χ2n) is 13.2. The molecular weight excluding hydrogens is 619 g/mol. The molecule has 7 nitrogen and oxygen atoms in total. The van der Waals surface area contributed by atoms with E-state index in [1.165, 1.54) is 17.0 Å². The number of carbonyl (C=O) groups is 4. The summed E-state index contributed by atoms with van der Waals surface area (Å²) in [5.41, 5.74) is 0.895. The Bertz CT molecular complexity index is 2060. The van der Waals surface area contributed by atoms with E-state index in [1.807, 2.05) is 60.7 Å². The molecule has 2 heterocycles. The van der Waals surface area contributed by atoms with Gasteiger partial charge in [-0.05, 0) is 66.3 Å². The maximum absolute atomic E-state index is 14.7. The summed E-state index contributed by atoms with van der Waals surface area (Å²) in [6.07, 6.45) is 2.43. The molecule has 4 amide bonds. The number of phenolic OH excluding ortho intramolecular Hbond substituents is 1. The number of allylic oxidation sites excluding steroid dienone is 2. The average molecular weight is 649 g/mol. The molecule has 0 spiro atoms. The fourth-order valence-corrected chi connectivity index (χ4v) is 8.94. The largest absolute Gasteiger partial charge is 0.508 e. The number of aromatic hydroxyl groups is 1. The van der Waals surface area contributed by atoms with Gasteiger partial charge in [0.2, 0.25) is 23.6 Å². The first kappa shape index (κ1) is 29.6. The van der Waals surface area contributed by atoms with Gasteiger partial charge in [0, 0.05) is 11.5 Å². The van der Waals surface area contributed by atoms with Crippen LogP contribution in [-0.2, 0) is 25.7 Å². The van der Waals surface area contributed by atoms with Crippen LogP contribution in [0.4, 0.5) is 10.1 Å². The minimum Gasteiger partial charge on any atom is -0.508 e. The summed E-state index contributed by atoms with van der Waals surface area (Å²) in [5, 5.41) is 12.9. The maximum atomic E-state index is 14.7. The number of carbonyl (C=O) groups excluding carboxylic acids is 4. The number of hydrogen-bond donors (Lipinski definition) is 1. The number of fused-ring (bicyclic) bond motifs is 5. The number of nitrogens with zero attached hydrogens (tertiary/aromatic N) is 2. The summed E-state index contributed by atoms with van der Waals surface area (Å²) in [7, 11) is 0. The Balaban J connectivity index is 1.30. The molecule has 0 bridgehead atoms. The second-order valence-corrected chi connectivity index (χ2v) is 13.6. The van der Waals surface area contributed by atoms with Crippen molar-refractivity contribution in [1.82, 2.24) is 4.90 Å². The van der Waals surface area contributed by atoms with E-state index in [2.05, 4.69) is 0 Å². The van der Waals surface area contributed by atoms with Crippen LogP contribution in [0.25, 0.3) is 10.8 Å². The molecular formula is C38H30ClFN2O5. The zero-order valence-electron chi connectivity index (χ0n) is 25.4. The Morgan fingerprint density at radius 2 is 1.64 bits per heavy atom. The molecule has 4 aromatic carbocycles. The van der Waals surface area contributed by atoms with Crippen molar-refractivity contribution in [3.05, 3.63) is 119 Å². The standard InChI is InChI=1S/C38H30ClFN2O5/c1-38-27(35(45)42(37(38)47)22-12-15-29(40)28(39)17-22)18-26-24(33(38)32-23-10-6-5-9-21(23)11-16-30(32)43)13-14-25-31(26)36(46)41(34(25)44)19-20-7-3-2-4-8-20/h2-13,15-17,25-27,31,33,43H,14,18-19H2,1H3/t25-,26+,27-,31-,33+,38+/m0/s1.